The molecule has 1 aromatic heterocycles. The molecule has 1 saturated carbocycles. The van der Waals surface area contributed by atoms with Crippen LogP contribution in [0.3, 0.4) is 0 Å². The number of carbonyl (C=O) groups is 3. The second-order valence-corrected chi connectivity index (χ2v) is 11.5. The molecule has 1 heterocycles. The van der Waals surface area contributed by atoms with Crippen LogP contribution in [0.4, 0.5) is 11.4 Å². The lowest BCUT2D eigenvalue weighted by Crippen LogP contribution is -2.51. The van der Waals surface area contributed by atoms with Gasteiger partial charge in [0, 0.05) is 18.3 Å². The van der Waals surface area contributed by atoms with Crippen LogP contribution >= 0.6 is 11.5 Å². The summed E-state index contributed by atoms with van der Waals surface area (Å²) in [5.74, 6) is -0.370. The average molecular weight is 528 g/mol. The van der Waals surface area contributed by atoms with Crippen LogP contribution in [0.1, 0.15) is 92.8 Å². The van der Waals surface area contributed by atoms with Crippen LogP contribution in [-0.2, 0) is 4.79 Å². The predicted molar refractivity (Wildman–Crippen MR) is 150 cm³/mol. The molecule has 3 rings (SSSR count). The van der Waals surface area contributed by atoms with Crippen molar-refractivity contribution in [2.45, 2.75) is 84.7 Å². The minimum atomic E-state index is -0.733. The number of nitrogens with zero attached hydrogens (tertiary/aromatic N) is 2. The average Bonchev–Trinajstić information content (AvgIpc) is 3.25. The molecule has 2 aromatic rings. The van der Waals surface area contributed by atoms with Gasteiger partial charge < -0.3 is 16.4 Å². The number of rotatable bonds is 11. The summed E-state index contributed by atoms with van der Waals surface area (Å²) in [6.45, 7) is 8.79. The molecule has 0 aliphatic heterocycles. The van der Waals surface area contributed by atoms with Crippen molar-refractivity contribution in [1.82, 2.24) is 15.0 Å². The normalized spacial score (nSPS) is 15.0. The zero-order chi connectivity index (χ0) is 26.9. The Bertz CT molecular complexity index is 1050. The molecule has 8 nitrogen and oxygen atoms in total. The van der Waals surface area contributed by atoms with Gasteiger partial charge in [0.25, 0.3) is 11.8 Å². The van der Waals surface area contributed by atoms with E-state index in [9.17, 15) is 14.4 Å². The van der Waals surface area contributed by atoms with Gasteiger partial charge in [0.1, 0.15) is 10.9 Å². The maximum atomic E-state index is 14.0. The molecule has 37 heavy (non-hydrogen) atoms. The SMILES string of the molecule is CC(C)CCNC(=O)[C@H](CC(C)C)N(C(=O)c1snc(C(=O)NC2CCCCC2)c1N)c1ccccc1. The fraction of sp³-hybridized carbons (Fsp3) is 0.571. The van der Waals surface area contributed by atoms with Crippen molar-refractivity contribution in [2.75, 3.05) is 17.2 Å². The van der Waals surface area contributed by atoms with Gasteiger partial charge in [0.05, 0.1) is 5.69 Å². The number of nitrogen functional groups attached to an aromatic ring is 1. The zero-order valence-corrected chi connectivity index (χ0v) is 23.3. The van der Waals surface area contributed by atoms with Crippen LogP contribution in [0.25, 0.3) is 0 Å². The molecule has 9 heteroatoms. The third-order valence-electron chi connectivity index (χ3n) is 6.66. The van der Waals surface area contributed by atoms with E-state index in [1.807, 2.05) is 32.0 Å². The van der Waals surface area contributed by atoms with Crippen molar-refractivity contribution < 1.29 is 14.4 Å². The number of aromatic nitrogens is 1. The number of hydrogen-bond acceptors (Lipinski definition) is 6. The third kappa shape index (κ3) is 7.77. The fourth-order valence-electron chi connectivity index (χ4n) is 4.63. The van der Waals surface area contributed by atoms with Gasteiger partial charge in [-0.2, -0.15) is 4.37 Å². The number of amides is 3. The lowest BCUT2D eigenvalue weighted by molar-refractivity contribution is -0.122. The van der Waals surface area contributed by atoms with Crippen LogP contribution in [0.2, 0.25) is 0 Å². The molecule has 1 atom stereocenters. The van der Waals surface area contributed by atoms with Crippen LogP contribution in [0.5, 0.6) is 0 Å². The first-order valence-corrected chi connectivity index (χ1v) is 14.2. The first-order valence-electron chi connectivity index (χ1n) is 13.4. The van der Waals surface area contributed by atoms with E-state index in [1.165, 1.54) is 11.3 Å². The minimum absolute atomic E-state index is 0.0627. The Balaban J connectivity index is 1.90. The van der Waals surface area contributed by atoms with Gasteiger partial charge in [0.2, 0.25) is 5.91 Å². The van der Waals surface area contributed by atoms with E-state index in [1.54, 1.807) is 12.1 Å². The van der Waals surface area contributed by atoms with Crippen molar-refractivity contribution in [2.24, 2.45) is 11.8 Å². The van der Waals surface area contributed by atoms with E-state index >= 15 is 0 Å². The third-order valence-corrected chi connectivity index (χ3v) is 7.51. The molecular formula is C28H41N5O3S. The minimum Gasteiger partial charge on any atom is -0.395 e. The highest BCUT2D eigenvalue weighted by Gasteiger charge is 2.35. The maximum Gasteiger partial charge on any atom is 0.273 e. The van der Waals surface area contributed by atoms with Gasteiger partial charge in [-0.05, 0) is 61.2 Å². The molecule has 1 fully saturated rings. The maximum absolute atomic E-state index is 14.0. The number of carbonyl (C=O) groups excluding carboxylic acids is 3. The lowest BCUT2D eigenvalue weighted by Gasteiger charge is -2.32. The molecule has 0 saturated heterocycles. The van der Waals surface area contributed by atoms with E-state index in [2.05, 4.69) is 28.9 Å². The first-order chi connectivity index (χ1) is 17.7. The molecule has 1 aromatic carbocycles. The summed E-state index contributed by atoms with van der Waals surface area (Å²) in [7, 11) is 0. The standard InChI is InChI=1S/C28H41N5O3S/c1-18(2)15-16-30-26(34)22(17-19(3)4)33(21-13-9-6-10-14-21)28(36)25-23(29)24(32-37-25)27(35)31-20-11-7-5-8-12-20/h6,9-10,13-14,18-20,22H,5,7-8,11-12,15-17,29H2,1-4H3,(H,30,34)(H,31,35)/t22-/m0/s1. The highest BCUT2D eigenvalue weighted by molar-refractivity contribution is 7.09. The summed E-state index contributed by atoms with van der Waals surface area (Å²) in [6, 6.07) is 8.51. The predicted octanol–water partition coefficient (Wildman–Crippen LogP) is 5.01. The van der Waals surface area contributed by atoms with E-state index < -0.39 is 11.9 Å². The number of hydrogen-bond donors (Lipinski definition) is 3. The molecule has 1 aliphatic rings. The van der Waals surface area contributed by atoms with Crippen molar-refractivity contribution in [1.29, 1.82) is 0 Å². The van der Waals surface area contributed by atoms with E-state index in [0.29, 0.717) is 24.6 Å². The Morgan fingerprint density at radius 2 is 1.73 bits per heavy atom. The number of nitrogens with two attached hydrogens (primary N) is 1. The largest absolute Gasteiger partial charge is 0.395 e. The fourth-order valence-corrected chi connectivity index (χ4v) is 5.37. The van der Waals surface area contributed by atoms with Crippen molar-refractivity contribution in [3.05, 3.63) is 40.9 Å². The van der Waals surface area contributed by atoms with Gasteiger partial charge in [-0.25, -0.2) is 0 Å². The van der Waals surface area contributed by atoms with Gasteiger partial charge in [-0.15, -0.1) is 0 Å². The number of anilines is 2. The summed E-state index contributed by atoms with van der Waals surface area (Å²) in [5, 5.41) is 6.04. The highest BCUT2D eigenvalue weighted by atomic mass is 32.1. The second kappa shape index (κ2) is 13.6. The van der Waals surface area contributed by atoms with Gasteiger partial charge >= 0.3 is 0 Å². The number of nitrogens with one attached hydrogen (secondary N) is 2. The molecule has 202 valence electrons. The van der Waals surface area contributed by atoms with Crippen LogP contribution in [-0.4, -0.2) is 40.7 Å². The molecule has 1 aliphatic carbocycles. The molecular weight excluding hydrogens is 486 g/mol. The zero-order valence-electron chi connectivity index (χ0n) is 22.5. The molecule has 0 bridgehead atoms. The Morgan fingerprint density at radius 1 is 1.05 bits per heavy atom. The van der Waals surface area contributed by atoms with Crippen LogP contribution < -0.4 is 21.3 Å². The summed E-state index contributed by atoms with van der Waals surface area (Å²) in [6.07, 6.45) is 6.55. The highest BCUT2D eigenvalue weighted by Crippen LogP contribution is 2.30. The topological polar surface area (TPSA) is 117 Å². The Hall–Kier alpha value is -2.94. The Labute approximate surface area is 224 Å². The molecule has 3 amide bonds. The molecule has 0 radical (unpaired) electrons. The number of para-hydroxylation sites is 1. The van der Waals surface area contributed by atoms with Gasteiger partial charge in [-0.3, -0.25) is 19.3 Å². The molecule has 0 spiro atoms. The van der Waals surface area contributed by atoms with Crippen LogP contribution in [0.15, 0.2) is 30.3 Å². The van der Waals surface area contributed by atoms with Gasteiger partial charge in [-0.1, -0.05) is 65.2 Å². The molecule has 4 N–H and O–H groups in total. The lowest BCUT2D eigenvalue weighted by atomic mass is 9.95. The van der Waals surface area contributed by atoms with Crippen LogP contribution in [0, 0.1) is 11.8 Å². The van der Waals surface area contributed by atoms with Crippen molar-refractivity contribution in [3.8, 4) is 0 Å². The quantitative estimate of drug-likeness (QED) is 0.380. The second-order valence-electron chi connectivity index (χ2n) is 10.7. The summed E-state index contributed by atoms with van der Waals surface area (Å²) in [4.78, 5) is 42.0. The summed E-state index contributed by atoms with van der Waals surface area (Å²) in [5.41, 5.74) is 7.09. The van der Waals surface area contributed by atoms with E-state index in [-0.39, 0.29) is 40.0 Å². The molecule has 0 unspecified atom stereocenters. The summed E-state index contributed by atoms with van der Waals surface area (Å²) >= 11 is 0.909. The monoisotopic (exact) mass is 527 g/mol. The van der Waals surface area contributed by atoms with E-state index in [0.717, 1.165) is 43.6 Å². The smallest absolute Gasteiger partial charge is 0.273 e. The Kier molecular flexibility index (Phi) is 10.5. The number of benzene rings is 1. The Morgan fingerprint density at radius 3 is 2.35 bits per heavy atom. The summed E-state index contributed by atoms with van der Waals surface area (Å²) < 4.78 is 4.27. The van der Waals surface area contributed by atoms with Crippen molar-refractivity contribution in [3.63, 3.8) is 0 Å². The van der Waals surface area contributed by atoms with E-state index in [4.69, 9.17) is 5.73 Å². The van der Waals surface area contributed by atoms with Gasteiger partial charge in [0.15, 0.2) is 5.69 Å². The van der Waals surface area contributed by atoms with Crippen molar-refractivity contribution >= 4 is 40.6 Å². The first kappa shape index (κ1) is 28.6.